The van der Waals surface area contributed by atoms with Crippen LogP contribution in [0.25, 0.3) is 0 Å². The molecule has 0 aliphatic rings. The minimum atomic E-state index is -1.04. The molecule has 5 N–H and O–H groups in total. The van der Waals surface area contributed by atoms with Gasteiger partial charge in [-0.2, -0.15) is 0 Å². The summed E-state index contributed by atoms with van der Waals surface area (Å²) in [6.45, 7) is 1.43. The number of aliphatic imine (C=N–C) groups is 1. The van der Waals surface area contributed by atoms with Crippen molar-refractivity contribution in [3.63, 3.8) is 0 Å². The van der Waals surface area contributed by atoms with Gasteiger partial charge in [0.2, 0.25) is 0 Å². The minimum absolute atomic E-state index is 0.0981. The van der Waals surface area contributed by atoms with Crippen molar-refractivity contribution < 1.29 is 15.0 Å². The van der Waals surface area contributed by atoms with Crippen LogP contribution in [0.15, 0.2) is 23.2 Å². The number of amidine groups is 1. The number of phenolic OH excluding ortho intramolecular Hbond substituents is 1. The zero-order valence-corrected chi connectivity index (χ0v) is 9.21. The van der Waals surface area contributed by atoms with Crippen molar-refractivity contribution >= 4 is 18.0 Å². The molecule has 0 aliphatic carbocycles. The second kappa shape index (κ2) is 5.11. The first-order valence-corrected chi connectivity index (χ1v) is 4.85. The van der Waals surface area contributed by atoms with E-state index >= 15 is 0 Å². The fraction of sp³-hybridized carbons (Fsp3) is 0.182. The van der Waals surface area contributed by atoms with Gasteiger partial charge in [-0.25, -0.2) is 4.79 Å². The predicted molar refractivity (Wildman–Crippen MR) is 63.8 cm³/mol. The number of nitrogen functional groups attached to an aromatic ring is 1. The molecule has 0 saturated carbocycles. The Morgan fingerprint density at radius 1 is 1.59 bits per heavy atom. The zero-order chi connectivity index (χ0) is 13.0. The summed E-state index contributed by atoms with van der Waals surface area (Å²) >= 11 is 0. The average molecular weight is 235 g/mol. The Balaban J connectivity index is 2.94. The number of carbonyl (C=O) groups is 1. The number of nitrogens with two attached hydrogens (primary N) is 1. The van der Waals surface area contributed by atoms with Gasteiger partial charge >= 0.3 is 5.97 Å². The van der Waals surface area contributed by atoms with Gasteiger partial charge in [-0.3, -0.25) is 10.4 Å². The van der Waals surface area contributed by atoms with Crippen LogP contribution in [0.1, 0.15) is 18.1 Å². The Morgan fingerprint density at radius 3 is 2.71 bits per heavy atom. The SMILES string of the molecule is CC(N=Cc1ccc(C(=N)N)cc1O)C(=O)O. The predicted octanol–water partition coefficient (Wildman–Crippen LogP) is 0.568. The standard InChI is InChI=1S/C11H13N3O3/c1-6(11(16)17)14-5-8-3-2-7(10(12)13)4-9(8)15/h2-6,15H,1H3,(H3,12,13)(H,16,17). The number of benzene rings is 1. The van der Waals surface area contributed by atoms with Crippen molar-refractivity contribution in [3.05, 3.63) is 29.3 Å². The molecule has 0 bridgehead atoms. The smallest absolute Gasteiger partial charge is 0.328 e. The highest BCUT2D eigenvalue weighted by Crippen LogP contribution is 2.16. The number of aromatic hydroxyl groups is 1. The van der Waals surface area contributed by atoms with Gasteiger partial charge in [-0.15, -0.1) is 0 Å². The highest BCUT2D eigenvalue weighted by atomic mass is 16.4. The van der Waals surface area contributed by atoms with Crippen molar-refractivity contribution in [1.29, 1.82) is 5.41 Å². The van der Waals surface area contributed by atoms with E-state index in [1.165, 1.54) is 25.3 Å². The van der Waals surface area contributed by atoms with Gasteiger partial charge in [0, 0.05) is 17.3 Å². The van der Waals surface area contributed by atoms with Crippen molar-refractivity contribution in [2.45, 2.75) is 13.0 Å². The normalized spacial score (nSPS) is 12.5. The largest absolute Gasteiger partial charge is 0.507 e. The van der Waals surface area contributed by atoms with Crippen LogP contribution < -0.4 is 5.73 Å². The van der Waals surface area contributed by atoms with Gasteiger partial charge < -0.3 is 15.9 Å². The second-order valence-corrected chi connectivity index (χ2v) is 3.48. The monoisotopic (exact) mass is 235 g/mol. The maximum Gasteiger partial charge on any atom is 0.328 e. The molecule has 0 aliphatic heterocycles. The van der Waals surface area contributed by atoms with Crippen molar-refractivity contribution in [2.24, 2.45) is 10.7 Å². The number of aliphatic carboxylic acids is 1. The van der Waals surface area contributed by atoms with Crippen molar-refractivity contribution in [3.8, 4) is 5.75 Å². The maximum absolute atomic E-state index is 10.5. The van der Waals surface area contributed by atoms with Crippen LogP contribution in [0.5, 0.6) is 5.75 Å². The molecule has 1 atom stereocenters. The van der Waals surface area contributed by atoms with Crippen LogP contribution in [0.2, 0.25) is 0 Å². The fourth-order valence-electron chi connectivity index (χ4n) is 1.08. The van der Waals surface area contributed by atoms with Gasteiger partial charge in [-0.05, 0) is 19.1 Å². The molecule has 17 heavy (non-hydrogen) atoms. The number of nitrogens with zero attached hydrogens (tertiary/aromatic N) is 1. The Morgan fingerprint density at radius 2 is 2.24 bits per heavy atom. The van der Waals surface area contributed by atoms with Crippen LogP contribution in [-0.4, -0.2) is 34.3 Å². The number of carboxylic acid groups (broad SMARTS) is 1. The van der Waals surface area contributed by atoms with Gasteiger partial charge in [0.1, 0.15) is 17.6 Å². The van der Waals surface area contributed by atoms with Gasteiger partial charge in [0.25, 0.3) is 0 Å². The molecule has 6 heteroatoms. The third kappa shape index (κ3) is 3.30. The summed E-state index contributed by atoms with van der Waals surface area (Å²) in [5.74, 6) is -1.29. The van der Waals surface area contributed by atoms with Gasteiger partial charge in [0.05, 0.1) is 0 Å². The molecular formula is C11H13N3O3. The van der Waals surface area contributed by atoms with E-state index < -0.39 is 12.0 Å². The van der Waals surface area contributed by atoms with Crippen LogP contribution in [0.3, 0.4) is 0 Å². The van der Waals surface area contributed by atoms with E-state index in [-0.39, 0.29) is 11.6 Å². The van der Waals surface area contributed by atoms with Gasteiger partial charge in [0.15, 0.2) is 0 Å². The van der Waals surface area contributed by atoms with E-state index in [9.17, 15) is 9.90 Å². The lowest BCUT2D eigenvalue weighted by Crippen LogP contribution is -2.13. The number of hydrogen-bond acceptors (Lipinski definition) is 4. The third-order valence-electron chi connectivity index (χ3n) is 2.14. The Kier molecular flexibility index (Phi) is 3.82. The van der Waals surface area contributed by atoms with Crippen LogP contribution in [0, 0.1) is 5.41 Å². The Bertz CT molecular complexity index is 483. The summed E-state index contributed by atoms with van der Waals surface area (Å²) in [5, 5.41) is 25.4. The molecule has 0 heterocycles. The molecule has 0 saturated heterocycles. The number of phenols is 1. The van der Waals surface area contributed by atoms with Crippen LogP contribution in [-0.2, 0) is 4.79 Å². The molecular weight excluding hydrogens is 222 g/mol. The first-order valence-electron chi connectivity index (χ1n) is 4.85. The molecule has 0 aromatic heterocycles. The van der Waals surface area contributed by atoms with Gasteiger partial charge in [-0.1, -0.05) is 6.07 Å². The van der Waals surface area contributed by atoms with E-state index in [4.69, 9.17) is 16.2 Å². The summed E-state index contributed by atoms with van der Waals surface area (Å²) in [4.78, 5) is 14.3. The first kappa shape index (κ1) is 12.7. The highest BCUT2D eigenvalue weighted by molar-refractivity contribution is 5.96. The number of hydrogen-bond donors (Lipinski definition) is 4. The lowest BCUT2D eigenvalue weighted by Gasteiger charge is -2.03. The van der Waals surface area contributed by atoms with Crippen LogP contribution in [0.4, 0.5) is 0 Å². The van der Waals surface area contributed by atoms with Crippen molar-refractivity contribution in [1.82, 2.24) is 0 Å². The van der Waals surface area contributed by atoms with E-state index in [0.29, 0.717) is 11.1 Å². The summed E-state index contributed by atoms with van der Waals surface area (Å²) in [6.07, 6.45) is 1.28. The molecule has 0 spiro atoms. The first-order chi connectivity index (χ1) is 7.91. The summed E-state index contributed by atoms with van der Waals surface area (Å²) in [7, 11) is 0. The molecule has 90 valence electrons. The molecule has 6 nitrogen and oxygen atoms in total. The summed E-state index contributed by atoms with van der Waals surface area (Å²) in [5.41, 5.74) is 6.03. The van der Waals surface area contributed by atoms with E-state index in [2.05, 4.69) is 4.99 Å². The molecule has 0 amide bonds. The summed E-state index contributed by atoms with van der Waals surface area (Å²) < 4.78 is 0. The van der Waals surface area contributed by atoms with E-state index in [0.717, 1.165) is 0 Å². The lowest BCUT2D eigenvalue weighted by atomic mass is 10.1. The van der Waals surface area contributed by atoms with Crippen LogP contribution >= 0.6 is 0 Å². The van der Waals surface area contributed by atoms with E-state index in [1.807, 2.05) is 0 Å². The number of carboxylic acids is 1. The second-order valence-electron chi connectivity index (χ2n) is 3.48. The third-order valence-corrected chi connectivity index (χ3v) is 2.14. The quantitative estimate of drug-likeness (QED) is 0.450. The van der Waals surface area contributed by atoms with Crippen molar-refractivity contribution in [2.75, 3.05) is 0 Å². The molecule has 0 radical (unpaired) electrons. The number of rotatable bonds is 4. The molecule has 1 unspecified atom stereocenters. The maximum atomic E-state index is 10.5. The average Bonchev–Trinajstić information content (AvgIpc) is 2.26. The Labute approximate surface area is 97.9 Å². The molecule has 1 aromatic carbocycles. The minimum Gasteiger partial charge on any atom is -0.507 e. The zero-order valence-electron chi connectivity index (χ0n) is 9.21. The topological polar surface area (TPSA) is 120 Å². The highest BCUT2D eigenvalue weighted by Gasteiger charge is 2.08. The molecule has 1 rings (SSSR count). The molecule has 1 aromatic rings. The summed E-state index contributed by atoms with van der Waals surface area (Å²) in [6, 6.07) is 3.52. The fourth-order valence-corrected chi connectivity index (χ4v) is 1.08. The lowest BCUT2D eigenvalue weighted by molar-refractivity contribution is -0.137. The van der Waals surface area contributed by atoms with E-state index in [1.54, 1.807) is 6.07 Å². The Hall–Kier alpha value is -2.37. The number of nitrogens with one attached hydrogen (secondary N) is 1. The molecule has 0 fully saturated rings.